The molecule has 0 radical (unpaired) electrons. The van der Waals surface area contributed by atoms with E-state index in [9.17, 15) is 14.7 Å². The predicted molar refractivity (Wildman–Crippen MR) is 78.2 cm³/mol. The normalized spacial score (nSPS) is 25.6. The van der Waals surface area contributed by atoms with E-state index in [1.807, 2.05) is 0 Å². The second kappa shape index (κ2) is 7.64. The van der Waals surface area contributed by atoms with Gasteiger partial charge >= 0.3 is 12.0 Å². The summed E-state index contributed by atoms with van der Waals surface area (Å²) in [5.41, 5.74) is -1.10. The van der Waals surface area contributed by atoms with Crippen LogP contribution >= 0.6 is 0 Å². The SMILES string of the molecule is O=C(NCC1CCCCO1)NC1(C(=O)O)CCCCCC1. The van der Waals surface area contributed by atoms with Gasteiger partial charge in [-0.15, -0.1) is 0 Å². The van der Waals surface area contributed by atoms with E-state index in [1.54, 1.807) is 0 Å². The number of nitrogens with one attached hydrogen (secondary N) is 2. The minimum atomic E-state index is -1.10. The highest BCUT2D eigenvalue weighted by Crippen LogP contribution is 2.27. The van der Waals surface area contributed by atoms with E-state index in [4.69, 9.17) is 4.74 Å². The van der Waals surface area contributed by atoms with E-state index in [2.05, 4.69) is 10.6 Å². The van der Waals surface area contributed by atoms with Gasteiger partial charge in [-0.3, -0.25) is 0 Å². The number of carboxylic acids is 1. The summed E-state index contributed by atoms with van der Waals surface area (Å²) >= 11 is 0. The molecule has 0 aromatic heterocycles. The highest BCUT2D eigenvalue weighted by molar-refractivity contribution is 5.86. The molecule has 3 N–H and O–H groups in total. The molecule has 2 rings (SSSR count). The quantitative estimate of drug-likeness (QED) is 0.693. The van der Waals surface area contributed by atoms with Gasteiger partial charge in [-0.05, 0) is 32.1 Å². The maximum Gasteiger partial charge on any atom is 0.329 e. The minimum absolute atomic E-state index is 0.0550. The lowest BCUT2D eigenvalue weighted by Gasteiger charge is -2.30. The summed E-state index contributed by atoms with van der Waals surface area (Å²) in [5, 5.41) is 15.0. The second-order valence-corrected chi connectivity index (χ2v) is 6.13. The molecule has 1 aliphatic carbocycles. The molecule has 1 aliphatic heterocycles. The molecule has 1 saturated carbocycles. The van der Waals surface area contributed by atoms with E-state index < -0.39 is 17.5 Å². The lowest BCUT2D eigenvalue weighted by atomic mass is 9.90. The summed E-state index contributed by atoms with van der Waals surface area (Å²) in [4.78, 5) is 23.6. The van der Waals surface area contributed by atoms with E-state index in [0.29, 0.717) is 19.4 Å². The summed E-state index contributed by atoms with van der Waals surface area (Å²) in [7, 11) is 0. The van der Waals surface area contributed by atoms with Crippen molar-refractivity contribution in [3.8, 4) is 0 Å². The predicted octanol–water partition coefficient (Wildman–Crippen LogP) is 2.03. The number of urea groups is 1. The van der Waals surface area contributed by atoms with Gasteiger partial charge in [-0.25, -0.2) is 9.59 Å². The zero-order valence-corrected chi connectivity index (χ0v) is 12.5. The van der Waals surface area contributed by atoms with Crippen molar-refractivity contribution in [2.24, 2.45) is 0 Å². The third-order valence-electron chi connectivity index (χ3n) is 4.48. The van der Waals surface area contributed by atoms with Crippen LogP contribution in [0.3, 0.4) is 0 Å². The number of hydrogen-bond acceptors (Lipinski definition) is 3. The largest absolute Gasteiger partial charge is 0.480 e. The van der Waals surface area contributed by atoms with E-state index in [-0.39, 0.29) is 6.10 Å². The number of carboxylic acid groups (broad SMARTS) is 1. The second-order valence-electron chi connectivity index (χ2n) is 6.13. The molecule has 2 aliphatic rings. The lowest BCUT2D eigenvalue weighted by molar-refractivity contribution is -0.145. The molecule has 6 heteroatoms. The Kier molecular flexibility index (Phi) is 5.85. The zero-order valence-electron chi connectivity index (χ0n) is 12.5. The summed E-state index contributed by atoms with van der Waals surface area (Å²) in [6.45, 7) is 1.19. The van der Waals surface area contributed by atoms with Crippen LogP contribution in [0.15, 0.2) is 0 Å². The van der Waals surface area contributed by atoms with Crippen LogP contribution in [0.5, 0.6) is 0 Å². The van der Waals surface area contributed by atoms with Gasteiger partial charge in [0.15, 0.2) is 0 Å². The van der Waals surface area contributed by atoms with Crippen molar-refractivity contribution in [1.82, 2.24) is 10.6 Å². The molecule has 0 aromatic carbocycles. The fourth-order valence-corrected chi connectivity index (χ4v) is 3.16. The molecule has 0 spiro atoms. The van der Waals surface area contributed by atoms with Crippen molar-refractivity contribution >= 4 is 12.0 Å². The number of aliphatic carboxylic acids is 1. The molecule has 2 amide bonds. The molecule has 6 nitrogen and oxygen atoms in total. The van der Waals surface area contributed by atoms with Crippen LogP contribution in [0.4, 0.5) is 4.79 Å². The maximum absolute atomic E-state index is 12.0. The molecule has 1 unspecified atom stereocenters. The lowest BCUT2D eigenvalue weighted by Crippen LogP contribution is -2.57. The molecule has 0 bridgehead atoms. The van der Waals surface area contributed by atoms with Crippen LogP contribution in [0.25, 0.3) is 0 Å². The molecule has 1 atom stereocenters. The van der Waals surface area contributed by atoms with Crippen molar-refractivity contribution in [2.45, 2.75) is 69.4 Å². The Morgan fingerprint density at radius 2 is 1.81 bits per heavy atom. The summed E-state index contributed by atoms with van der Waals surface area (Å²) in [5.74, 6) is -0.923. The first-order valence-electron chi connectivity index (χ1n) is 8.03. The van der Waals surface area contributed by atoms with E-state index >= 15 is 0 Å². The molecule has 1 saturated heterocycles. The highest BCUT2D eigenvalue weighted by Gasteiger charge is 2.40. The van der Waals surface area contributed by atoms with Crippen molar-refractivity contribution in [2.75, 3.05) is 13.2 Å². The average molecular weight is 298 g/mol. The maximum atomic E-state index is 12.0. The minimum Gasteiger partial charge on any atom is -0.480 e. The third kappa shape index (κ3) is 4.59. The van der Waals surface area contributed by atoms with Gasteiger partial charge in [-0.1, -0.05) is 25.7 Å². The zero-order chi connectivity index (χ0) is 15.1. The number of amides is 2. The molecular weight excluding hydrogens is 272 g/mol. The Bertz CT molecular complexity index is 359. The van der Waals surface area contributed by atoms with Crippen LogP contribution < -0.4 is 10.6 Å². The number of rotatable bonds is 4. The monoisotopic (exact) mass is 298 g/mol. The van der Waals surface area contributed by atoms with Crippen molar-refractivity contribution in [1.29, 1.82) is 0 Å². The Labute approximate surface area is 125 Å². The first-order valence-corrected chi connectivity index (χ1v) is 8.03. The summed E-state index contributed by atoms with van der Waals surface area (Å²) in [6.07, 6.45) is 7.98. The highest BCUT2D eigenvalue weighted by atomic mass is 16.5. The fraction of sp³-hybridized carbons (Fsp3) is 0.867. The topological polar surface area (TPSA) is 87.7 Å². The van der Waals surface area contributed by atoms with Crippen LogP contribution in [-0.2, 0) is 9.53 Å². The Balaban J connectivity index is 1.84. The van der Waals surface area contributed by atoms with Crippen molar-refractivity contribution < 1.29 is 19.4 Å². The van der Waals surface area contributed by atoms with Gasteiger partial charge in [0.2, 0.25) is 0 Å². The fourth-order valence-electron chi connectivity index (χ4n) is 3.16. The molecule has 2 fully saturated rings. The van der Waals surface area contributed by atoms with Gasteiger partial charge in [0, 0.05) is 13.2 Å². The third-order valence-corrected chi connectivity index (χ3v) is 4.48. The van der Waals surface area contributed by atoms with Gasteiger partial charge in [-0.2, -0.15) is 0 Å². The van der Waals surface area contributed by atoms with E-state index in [1.165, 1.54) is 0 Å². The van der Waals surface area contributed by atoms with Gasteiger partial charge in [0.1, 0.15) is 5.54 Å². The van der Waals surface area contributed by atoms with Crippen molar-refractivity contribution in [3.63, 3.8) is 0 Å². The Hall–Kier alpha value is -1.30. The molecule has 0 aromatic rings. The summed E-state index contributed by atoms with van der Waals surface area (Å²) in [6, 6.07) is -0.395. The van der Waals surface area contributed by atoms with Gasteiger partial charge < -0.3 is 20.5 Å². The first-order chi connectivity index (χ1) is 10.1. The van der Waals surface area contributed by atoms with Crippen LogP contribution in [0.2, 0.25) is 0 Å². The van der Waals surface area contributed by atoms with Crippen molar-refractivity contribution in [3.05, 3.63) is 0 Å². The molecule has 120 valence electrons. The van der Waals surface area contributed by atoms with Crippen LogP contribution in [0.1, 0.15) is 57.8 Å². The number of ether oxygens (including phenoxy) is 1. The Morgan fingerprint density at radius 1 is 1.10 bits per heavy atom. The van der Waals surface area contributed by atoms with Gasteiger partial charge in [0.05, 0.1) is 6.10 Å². The molecule has 1 heterocycles. The number of carbonyl (C=O) groups excluding carboxylic acids is 1. The molecular formula is C15H26N2O4. The van der Waals surface area contributed by atoms with E-state index in [0.717, 1.165) is 51.6 Å². The number of hydrogen-bond donors (Lipinski definition) is 3. The smallest absolute Gasteiger partial charge is 0.329 e. The number of carbonyl (C=O) groups is 2. The Morgan fingerprint density at radius 3 is 2.38 bits per heavy atom. The molecule has 21 heavy (non-hydrogen) atoms. The summed E-state index contributed by atoms with van der Waals surface area (Å²) < 4.78 is 5.55. The van der Waals surface area contributed by atoms with Gasteiger partial charge in [0.25, 0.3) is 0 Å². The van der Waals surface area contributed by atoms with Crippen LogP contribution in [-0.4, -0.2) is 41.9 Å². The standard InChI is InChI=1S/C15H26N2O4/c18-13(19)15(8-4-1-2-5-9-15)17-14(20)16-11-12-7-3-6-10-21-12/h12H,1-11H2,(H,18,19)(H2,16,17,20). The first kappa shape index (κ1) is 16.1. The average Bonchev–Trinajstić information content (AvgIpc) is 2.73. The van der Waals surface area contributed by atoms with Crippen LogP contribution in [0, 0.1) is 0 Å².